The fourth-order valence-electron chi connectivity index (χ4n) is 2.04. The summed E-state index contributed by atoms with van der Waals surface area (Å²) in [5.41, 5.74) is 0. The van der Waals surface area contributed by atoms with Crippen molar-refractivity contribution in [1.29, 1.82) is 0 Å². The normalized spacial score (nSPS) is 23.4. The summed E-state index contributed by atoms with van der Waals surface area (Å²) in [4.78, 5) is 0. The van der Waals surface area contributed by atoms with E-state index in [1.807, 2.05) is 7.05 Å². The molecule has 0 amide bonds. The van der Waals surface area contributed by atoms with Gasteiger partial charge in [0.05, 0.1) is 0 Å². The number of hydrogen-bond acceptors (Lipinski definition) is 0. The van der Waals surface area contributed by atoms with Gasteiger partial charge in [-0.05, 0) is 12.3 Å². The van der Waals surface area contributed by atoms with E-state index in [9.17, 15) is 0 Å². The molecule has 1 fully saturated rings. The summed E-state index contributed by atoms with van der Waals surface area (Å²) in [6, 6.07) is 0.648. The molecule has 0 spiro atoms. The molecule has 92 valence electrons. The van der Waals surface area contributed by atoms with Crippen molar-refractivity contribution in [2.24, 2.45) is 5.92 Å². The largest absolute Gasteiger partial charge is 2.00 e. The monoisotopic (exact) mass is 391 g/mol. The summed E-state index contributed by atoms with van der Waals surface area (Å²) in [5, 5.41) is 4.36. The standard InChI is InChI=1S/C13H22N.CH3.W/c1-3-4-5-6-7-12-8-10-13(14-2)11-9-12;;/h12-13H,3-4,7-11H2,1-2H3;1H3;/q2*-1;+2. The molecule has 0 atom stereocenters. The topological polar surface area (TPSA) is 14.1 Å². The van der Waals surface area contributed by atoms with Crippen molar-refractivity contribution in [1.82, 2.24) is 0 Å². The maximum atomic E-state index is 4.36. The van der Waals surface area contributed by atoms with Gasteiger partial charge in [-0.3, -0.25) is 0 Å². The predicted octanol–water partition coefficient (Wildman–Crippen LogP) is 4.19. The van der Waals surface area contributed by atoms with Gasteiger partial charge in [-0.25, -0.2) is 0 Å². The third kappa shape index (κ3) is 7.48. The Morgan fingerprint density at radius 3 is 2.25 bits per heavy atom. The van der Waals surface area contributed by atoms with Crippen molar-refractivity contribution in [3.05, 3.63) is 12.7 Å². The van der Waals surface area contributed by atoms with Crippen molar-refractivity contribution < 1.29 is 21.1 Å². The molecule has 0 radical (unpaired) electrons. The van der Waals surface area contributed by atoms with Gasteiger partial charge in [0.1, 0.15) is 0 Å². The van der Waals surface area contributed by atoms with E-state index in [1.165, 1.54) is 32.1 Å². The van der Waals surface area contributed by atoms with Crippen LogP contribution < -0.4 is 0 Å². The van der Waals surface area contributed by atoms with E-state index in [-0.39, 0.29) is 28.5 Å². The molecule has 1 aliphatic carbocycles. The zero-order valence-corrected chi connectivity index (χ0v) is 13.9. The Bertz CT molecular complexity index is 197. The van der Waals surface area contributed by atoms with Crippen LogP contribution in [0, 0.1) is 25.2 Å². The predicted molar refractivity (Wildman–Crippen MR) is 68.7 cm³/mol. The maximum Gasteiger partial charge on any atom is 2.00 e. The van der Waals surface area contributed by atoms with Crippen LogP contribution in [-0.4, -0.2) is 13.1 Å². The van der Waals surface area contributed by atoms with Crippen LogP contribution >= 0.6 is 0 Å². The molecule has 2 heteroatoms. The maximum absolute atomic E-state index is 4.36. The quantitative estimate of drug-likeness (QED) is 0.506. The van der Waals surface area contributed by atoms with Gasteiger partial charge in [-0.1, -0.05) is 32.6 Å². The molecule has 1 rings (SSSR count). The Morgan fingerprint density at radius 2 is 1.75 bits per heavy atom. The molecule has 0 heterocycles. The summed E-state index contributed by atoms with van der Waals surface area (Å²) in [6.07, 6.45) is 8.63. The number of rotatable bonds is 3. The van der Waals surface area contributed by atoms with E-state index in [4.69, 9.17) is 0 Å². The first-order chi connectivity index (χ1) is 6.86. The molecule has 0 aromatic rings. The molecular formula is C14H25NW. The van der Waals surface area contributed by atoms with Crippen LogP contribution in [0.25, 0.3) is 5.32 Å². The smallest absolute Gasteiger partial charge is 0.662 e. The molecule has 16 heavy (non-hydrogen) atoms. The molecule has 1 aliphatic rings. The Labute approximate surface area is 116 Å². The summed E-state index contributed by atoms with van der Waals surface area (Å²) >= 11 is 0. The van der Waals surface area contributed by atoms with Crippen LogP contribution in [-0.2, 0) is 21.1 Å². The van der Waals surface area contributed by atoms with Crippen LogP contribution in [0.1, 0.15) is 51.9 Å². The second-order valence-electron chi connectivity index (χ2n) is 4.24. The van der Waals surface area contributed by atoms with Crippen LogP contribution in [0.15, 0.2) is 0 Å². The van der Waals surface area contributed by atoms with Crippen LogP contribution in [0.5, 0.6) is 0 Å². The molecule has 0 N–H and O–H groups in total. The number of hydrogen-bond donors (Lipinski definition) is 0. The summed E-state index contributed by atoms with van der Waals surface area (Å²) in [7, 11) is 1.95. The van der Waals surface area contributed by atoms with Gasteiger partial charge >= 0.3 is 21.1 Å². The van der Waals surface area contributed by atoms with Crippen molar-refractivity contribution in [2.75, 3.05) is 7.05 Å². The number of nitrogens with zero attached hydrogens (tertiary/aromatic N) is 1. The minimum absolute atomic E-state index is 0. The zero-order valence-electron chi connectivity index (χ0n) is 11.0. The summed E-state index contributed by atoms with van der Waals surface area (Å²) < 4.78 is 0. The van der Waals surface area contributed by atoms with E-state index in [0.717, 1.165) is 18.8 Å². The molecule has 0 bridgehead atoms. The van der Waals surface area contributed by atoms with Gasteiger partial charge < -0.3 is 12.7 Å². The average molecular weight is 391 g/mol. The molecular weight excluding hydrogens is 366 g/mol. The van der Waals surface area contributed by atoms with E-state index >= 15 is 0 Å². The van der Waals surface area contributed by atoms with E-state index in [0.29, 0.717) is 6.04 Å². The Morgan fingerprint density at radius 1 is 1.12 bits per heavy atom. The fourth-order valence-corrected chi connectivity index (χ4v) is 2.04. The first kappa shape index (κ1) is 18.6. The zero-order chi connectivity index (χ0) is 10.2. The van der Waals surface area contributed by atoms with Crippen molar-refractivity contribution in [3.63, 3.8) is 0 Å². The van der Waals surface area contributed by atoms with E-state index in [1.54, 1.807) is 0 Å². The van der Waals surface area contributed by atoms with Gasteiger partial charge in [-0.15, -0.1) is 17.9 Å². The second kappa shape index (κ2) is 11.7. The van der Waals surface area contributed by atoms with Gasteiger partial charge in [0, 0.05) is 12.8 Å². The van der Waals surface area contributed by atoms with Crippen molar-refractivity contribution in [2.45, 2.75) is 57.9 Å². The van der Waals surface area contributed by atoms with Crippen LogP contribution in [0.3, 0.4) is 0 Å². The first-order valence-corrected chi connectivity index (χ1v) is 5.91. The number of unbranched alkanes of at least 4 members (excludes halogenated alkanes) is 1. The van der Waals surface area contributed by atoms with Crippen molar-refractivity contribution >= 4 is 0 Å². The molecule has 1 nitrogen and oxygen atoms in total. The molecule has 0 saturated heterocycles. The van der Waals surface area contributed by atoms with Gasteiger partial charge in [0.15, 0.2) is 0 Å². The Balaban J connectivity index is 0. The first-order valence-electron chi connectivity index (χ1n) is 5.91. The van der Waals surface area contributed by atoms with Crippen LogP contribution in [0.4, 0.5) is 0 Å². The SMILES string of the molecule is CCCC#CCC1CCC([N-]C)CC1.[CH3-].[W+2]. The third-order valence-corrected chi connectivity index (χ3v) is 3.07. The minimum Gasteiger partial charge on any atom is -0.662 e. The van der Waals surface area contributed by atoms with Gasteiger partial charge in [-0.2, -0.15) is 7.05 Å². The Kier molecular flexibility index (Phi) is 13.6. The second-order valence-corrected chi connectivity index (χ2v) is 4.24. The minimum atomic E-state index is 0. The van der Waals surface area contributed by atoms with Crippen molar-refractivity contribution in [3.8, 4) is 11.8 Å². The average Bonchev–Trinajstić information content (AvgIpc) is 2.25. The Hall–Kier alpha value is 0.208. The van der Waals surface area contributed by atoms with E-state index in [2.05, 4.69) is 24.1 Å². The van der Waals surface area contributed by atoms with Gasteiger partial charge in [0.25, 0.3) is 0 Å². The molecule has 0 aromatic carbocycles. The summed E-state index contributed by atoms with van der Waals surface area (Å²) in [5.74, 6) is 7.40. The fraction of sp³-hybridized carbons (Fsp3) is 0.786. The molecule has 0 aromatic heterocycles. The third-order valence-electron chi connectivity index (χ3n) is 3.07. The van der Waals surface area contributed by atoms with E-state index < -0.39 is 0 Å². The summed E-state index contributed by atoms with van der Waals surface area (Å²) in [6.45, 7) is 2.18. The van der Waals surface area contributed by atoms with Gasteiger partial charge in [0.2, 0.25) is 0 Å². The molecule has 1 saturated carbocycles. The molecule has 0 aliphatic heterocycles. The van der Waals surface area contributed by atoms with Crippen LogP contribution in [0.2, 0.25) is 0 Å². The molecule has 0 unspecified atom stereocenters.